The zero-order valence-corrected chi connectivity index (χ0v) is 17.6. The van der Waals surface area contributed by atoms with Gasteiger partial charge >= 0.3 is 5.69 Å². The standard InChI is InChI=1S/C11H10ClN3O5S.C7H5NS/c12-9-2-1-8(5-13-9)6-14-3-4-15(11(14)17)10(16)7-21(18,19)20;1-2-4-7-6(3-1)8-5-9-7/h1-5H,6-7H2,(H,18,19,20);1-5H. The molecule has 30 heavy (non-hydrogen) atoms. The molecule has 12 heteroatoms. The summed E-state index contributed by atoms with van der Waals surface area (Å²) in [5.41, 5.74) is 2.94. The molecule has 3 aromatic heterocycles. The Balaban J connectivity index is 0.000000234. The van der Waals surface area contributed by atoms with Crippen molar-refractivity contribution in [3.8, 4) is 0 Å². The Morgan fingerprint density at radius 1 is 1.13 bits per heavy atom. The first kappa shape index (κ1) is 21.8. The number of hydrogen-bond donors (Lipinski definition) is 1. The lowest BCUT2D eigenvalue weighted by atomic mass is 10.3. The fourth-order valence-electron chi connectivity index (χ4n) is 2.45. The first-order chi connectivity index (χ1) is 14.2. The van der Waals surface area contributed by atoms with Gasteiger partial charge in [-0.2, -0.15) is 8.42 Å². The predicted molar refractivity (Wildman–Crippen MR) is 114 cm³/mol. The molecular formula is C18H15ClN4O5S2. The van der Waals surface area contributed by atoms with Crippen LogP contribution in [0.15, 0.2) is 65.3 Å². The van der Waals surface area contributed by atoms with E-state index in [0.717, 1.165) is 11.7 Å². The molecule has 0 fully saturated rings. The van der Waals surface area contributed by atoms with Crippen molar-refractivity contribution in [2.45, 2.75) is 6.54 Å². The lowest BCUT2D eigenvalue weighted by molar-refractivity contribution is 0.0934. The van der Waals surface area contributed by atoms with Crippen LogP contribution in [-0.4, -0.2) is 43.7 Å². The number of carbonyl (C=O) groups excluding carboxylic acids is 1. The Morgan fingerprint density at radius 2 is 1.90 bits per heavy atom. The number of fused-ring (bicyclic) bond motifs is 1. The first-order valence-electron chi connectivity index (χ1n) is 8.38. The van der Waals surface area contributed by atoms with Gasteiger partial charge < -0.3 is 0 Å². The van der Waals surface area contributed by atoms with Crippen LogP contribution in [0.3, 0.4) is 0 Å². The Morgan fingerprint density at radius 3 is 2.57 bits per heavy atom. The fraction of sp³-hybridized carbons (Fsp3) is 0.111. The van der Waals surface area contributed by atoms with E-state index in [9.17, 15) is 18.0 Å². The average molecular weight is 467 g/mol. The number of carbonyl (C=O) groups is 1. The van der Waals surface area contributed by atoms with Crippen molar-refractivity contribution in [1.82, 2.24) is 19.1 Å². The fourth-order valence-corrected chi connectivity index (χ4v) is 3.69. The molecule has 0 aliphatic rings. The number of aromatic nitrogens is 4. The number of pyridine rings is 1. The van der Waals surface area contributed by atoms with E-state index in [1.165, 1.54) is 21.7 Å². The van der Waals surface area contributed by atoms with Crippen molar-refractivity contribution in [2.75, 3.05) is 5.75 Å². The van der Waals surface area contributed by atoms with Crippen LogP contribution in [0, 0.1) is 0 Å². The Bertz CT molecular complexity index is 1300. The van der Waals surface area contributed by atoms with Gasteiger partial charge in [0, 0.05) is 18.6 Å². The highest BCUT2D eigenvalue weighted by atomic mass is 35.5. The van der Waals surface area contributed by atoms with Gasteiger partial charge in [-0.25, -0.2) is 19.3 Å². The summed E-state index contributed by atoms with van der Waals surface area (Å²) in [6.45, 7) is 0.148. The number of benzene rings is 1. The normalized spacial score (nSPS) is 11.1. The SMILES string of the molecule is O=C(CS(=O)(=O)O)n1ccn(Cc2ccc(Cl)nc2)c1=O.c1ccc2scnc2c1. The number of para-hydroxylation sites is 1. The highest BCUT2D eigenvalue weighted by Crippen LogP contribution is 2.15. The van der Waals surface area contributed by atoms with Crippen molar-refractivity contribution >= 4 is 49.2 Å². The molecule has 1 N–H and O–H groups in total. The molecule has 4 rings (SSSR count). The molecule has 4 aromatic rings. The molecule has 0 radical (unpaired) electrons. The van der Waals surface area contributed by atoms with Crippen molar-refractivity contribution in [3.05, 3.63) is 81.7 Å². The van der Waals surface area contributed by atoms with E-state index < -0.39 is 27.5 Å². The first-order valence-corrected chi connectivity index (χ1v) is 11.2. The van der Waals surface area contributed by atoms with Gasteiger partial charge in [0.1, 0.15) is 5.15 Å². The summed E-state index contributed by atoms with van der Waals surface area (Å²) in [4.78, 5) is 31.5. The van der Waals surface area contributed by atoms with Gasteiger partial charge in [-0.3, -0.25) is 13.9 Å². The van der Waals surface area contributed by atoms with Gasteiger partial charge in [-0.1, -0.05) is 29.8 Å². The summed E-state index contributed by atoms with van der Waals surface area (Å²) in [6.07, 6.45) is 3.95. The minimum absolute atomic E-state index is 0.148. The number of hydrogen-bond acceptors (Lipinski definition) is 7. The summed E-state index contributed by atoms with van der Waals surface area (Å²) >= 11 is 7.32. The van der Waals surface area contributed by atoms with E-state index in [1.54, 1.807) is 23.5 Å². The van der Waals surface area contributed by atoms with E-state index in [1.807, 2.05) is 23.7 Å². The summed E-state index contributed by atoms with van der Waals surface area (Å²) in [5, 5.41) is 0.312. The van der Waals surface area contributed by atoms with E-state index >= 15 is 0 Å². The third-order valence-electron chi connectivity index (χ3n) is 3.80. The van der Waals surface area contributed by atoms with Gasteiger partial charge in [0.05, 0.1) is 22.3 Å². The molecule has 0 aliphatic carbocycles. The second-order valence-corrected chi connectivity index (χ2v) is 8.73. The largest absolute Gasteiger partial charge is 0.335 e. The quantitative estimate of drug-likeness (QED) is 0.362. The monoisotopic (exact) mass is 466 g/mol. The van der Waals surface area contributed by atoms with E-state index in [0.29, 0.717) is 15.3 Å². The second-order valence-electron chi connectivity index (χ2n) is 6.01. The van der Waals surface area contributed by atoms with E-state index in [4.69, 9.17) is 16.2 Å². The number of imidazole rings is 1. The van der Waals surface area contributed by atoms with Crippen LogP contribution in [0.2, 0.25) is 5.15 Å². The highest BCUT2D eigenvalue weighted by Gasteiger charge is 2.17. The molecule has 0 unspecified atom stereocenters. The lowest BCUT2D eigenvalue weighted by Gasteiger charge is -2.02. The zero-order valence-electron chi connectivity index (χ0n) is 15.3. The van der Waals surface area contributed by atoms with Crippen LogP contribution >= 0.6 is 22.9 Å². The molecule has 0 atom stereocenters. The average Bonchev–Trinajstić information content (AvgIpc) is 3.30. The van der Waals surface area contributed by atoms with E-state index in [2.05, 4.69) is 16.0 Å². The van der Waals surface area contributed by atoms with Gasteiger partial charge in [-0.05, 0) is 23.8 Å². The topological polar surface area (TPSA) is 124 Å². The Kier molecular flexibility index (Phi) is 6.77. The molecule has 0 saturated carbocycles. The maximum Gasteiger partial charge on any atom is 0.335 e. The maximum atomic E-state index is 11.9. The molecular weight excluding hydrogens is 452 g/mol. The predicted octanol–water partition coefficient (Wildman–Crippen LogP) is 2.57. The third kappa shape index (κ3) is 5.83. The molecule has 0 spiro atoms. The zero-order chi connectivity index (χ0) is 21.7. The summed E-state index contributed by atoms with van der Waals surface area (Å²) < 4.78 is 33.0. The lowest BCUT2D eigenvalue weighted by Crippen LogP contribution is -2.32. The summed E-state index contributed by atoms with van der Waals surface area (Å²) in [5.74, 6) is -2.19. The molecule has 0 saturated heterocycles. The van der Waals surface area contributed by atoms with Crippen LogP contribution in [0.5, 0.6) is 0 Å². The van der Waals surface area contributed by atoms with Crippen LogP contribution in [0.4, 0.5) is 0 Å². The maximum absolute atomic E-state index is 11.9. The van der Waals surface area contributed by atoms with Gasteiger partial charge in [-0.15, -0.1) is 11.3 Å². The minimum atomic E-state index is -4.49. The van der Waals surface area contributed by atoms with Gasteiger partial charge in [0.2, 0.25) is 0 Å². The van der Waals surface area contributed by atoms with Crippen molar-refractivity contribution in [1.29, 1.82) is 0 Å². The molecule has 3 heterocycles. The minimum Gasteiger partial charge on any atom is -0.294 e. The van der Waals surface area contributed by atoms with Crippen molar-refractivity contribution in [2.24, 2.45) is 0 Å². The molecule has 9 nitrogen and oxygen atoms in total. The number of rotatable bonds is 4. The Hall–Kier alpha value is -2.86. The van der Waals surface area contributed by atoms with Gasteiger partial charge in [0.15, 0.2) is 5.75 Å². The Labute approximate surface area is 180 Å². The van der Waals surface area contributed by atoms with Crippen LogP contribution in [0.25, 0.3) is 10.2 Å². The van der Waals surface area contributed by atoms with Gasteiger partial charge in [0.25, 0.3) is 16.0 Å². The summed E-state index contributed by atoms with van der Waals surface area (Å²) in [7, 11) is -4.49. The molecule has 156 valence electrons. The molecule has 0 amide bonds. The summed E-state index contributed by atoms with van der Waals surface area (Å²) in [6, 6.07) is 11.4. The third-order valence-corrected chi connectivity index (χ3v) is 5.45. The number of thiazole rings is 1. The molecule has 1 aromatic carbocycles. The van der Waals surface area contributed by atoms with Crippen molar-refractivity contribution < 1.29 is 17.8 Å². The van der Waals surface area contributed by atoms with Crippen molar-refractivity contribution in [3.63, 3.8) is 0 Å². The smallest absolute Gasteiger partial charge is 0.294 e. The van der Waals surface area contributed by atoms with Crippen LogP contribution in [0.1, 0.15) is 10.4 Å². The van der Waals surface area contributed by atoms with Crippen LogP contribution < -0.4 is 5.69 Å². The highest BCUT2D eigenvalue weighted by molar-refractivity contribution is 7.86. The van der Waals surface area contributed by atoms with E-state index in [-0.39, 0.29) is 6.54 Å². The molecule has 0 bridgehead atoms. The molecule has 0 aliphatic heterocycles. The number of nitrogens with zero attached hydrogens (tertiary/aromatic N) is 4. The van der Waals surface area contributed by atoms with Crippen LogP contribution in [-0.2, 0) is 16.7 Å². The number of halogens is 1. The second kappa shape index (κ2) is 9.30.